The van der Waals surface area contributed by atoms with E-state index >= 15 is 0 Å². The van der Waals surface area contributed by atoms with E-state index in [4.69, 9.17) is 0 Å². The zero-order valence-corrected chi connectivity index (χ0v) is 23.4. The molecule has 0 unspecified atom stereocenters. The van der Waals surface area contributed by atoms with Gasteiger partial charge in [0.05, 0.1) is 22.7 Å². The minimum atomic E-state index is -0.448. The molecule has 4 aromatic heterocycles. The standard InChI is InChI=1S/C27H31N9O5/c1-15(37)29-16-7-21(34(4)11-16)25(39)31-18-9-23(36(6)13-18)27(41)32-19-10-22(35(5)14-19)26(40)30-17-8-20(24(38)28-2)33(3)12-17/h7-14H,1-6H3,(H,28,38)(H,29,37)(H,30,40)(H,31,39)(H,32,41). The summed E-state index contributed by atoms with van der Waals surface area (Å²) in [6.07, 6.45) is 6.44. The van der Waals surface area contributed by atoms with Gasteiger partial charge in [-0.05, 0) is 24.3 Å². The third-order valence-electron chi connectivity index (χ3n) is 6.27. The lowest BCUT2D eigenvalue weighted by Gasteiger charge is -2.03. The van der Waals surface area contributed by atoms with E-state index in [0.29, 0.717) is 34.1 Å². The Bertz CT molecular complexity index is 1680. The van der Waals surface area contributed by atoms with Gasteiger partial charge in [-0.1, -0.05) is 0 Å². The van der Waals surface area contributed by atoms with Crippen molar-refractivity contribution < 1.29 is 24.0 Å². The first-order valence-electron chi connectivity index (χ1n) is 12.5. The number of nitrogens with one attached hydrogen (secondary N) is 5. The van der Waals surface area contributed by atoms with Gasteiger partial charge in [0.1, 0.15) is 22.8 Å². The van der Waals surface area contributed by atoms with E-state index in [0.717, 1.165) is 0 Å². The summed E-state index contributed by atoms with van der Waals surface area (Å²) < 4.78 is 6.32. The fourth-order valence-electron chi connectivity index (χ4n) is 4.35. The van der Waals surface area contributed by atoms with Crippen LogP contribution < -0.4 is 26.6 Å². The van der Waals surface area contributed by atoms with Crippen LogP contribution in [0.2, 0.25) is 0 Å². The molecule has 0 atom stereocenters. The first-order chi connectivity index (χ1) is 19.4. The molecule has 214 valence electrons. The molecule has 0 aromatic carbocycles. The fraction of sp³-hybridized carbons (Fsp3) is 0.222. The Morgan fingerprint density at radius 2 is 0.756 bits per heavy atom. The number of aryl methyl sites for hydroxylation is 4. The van der Waals surface area contributed by atoms with E-state index in [9.17, 15) is 24.0 Å². The maximum Gasteiger partial charge on any atom is 0.272 e. The third kappa shape index (κ3) is 6.21. The first-order valence-corrected chi connectivity index (χ1v) is 12.5. The monoisotopic (exact) mass is 561 g/mol. The molecular formula is C27H31N9O5. The Morgan fingerprint density at radius 3 is 1.02 bits per heavy atom. The largest absolute Gasteiger partial charge is 0.354 e. The molecule has 0 bridgehead atoms. The number of aromatic nitrogens is 4. The summed E-state index contributed by atoms with van der Waals surface area (Å²) in [5.41, 5.74) is 2.99. The predicted molar refractivity (Wildman–Crippen MR) is 153 cm³/mol. The van der Waals surface area contributed by atoms with Crippen LogP contribution in [0.3, 0.4) is 0 Å². The van der Waals surface area contributed by atoms with Crippen LogP contribution in [0.25, 0.3) is 0 Å². The number of hydrogen-bond acceptors (Lipinski definition) is 5. The lowest BCUT2D eigenvalue weighted by atomic mass is 10.3. The molecular weight excluding hydrogens is 530 g/mol. The zero-order valence-electron chi connectivity index (χ0n) is 23.4. The second-order valence-corrected chi connectivity index (χ2v) is 9.52. The summed E-state index contributed by atoms with van der Waals surface area (Å²) in [5, 5.41) is 13.5. The Balaban J connectivity index is 1.43. The number of carbonyl (C=O) groups is 5. The SMILES string of the molecule is CNC(=O)c1cc(NC(=O)c2cc(NC(=O)c3cc(NC(=O)c4cc(NC(C)=O)cn4C)cn3C)cn2C)cn1C. The quantitative estimate of drug-likeness (QED) is 0.222. The zero-order chi connectivity index (χ0) is 30.0. The molecule has 0 radical (unpaired) electrons. The van der Waals surface area contributed by atoms with Gasteiger partial charge in [0, 0.05) is 66.9 Å². The first kappa shape index (κ1) is 28.5. The molecule has 41 heavy (non-hydrogen) atoms. The van der Waals surface area contributed by atoms with Crippen molar-refractivity contribution in [1.82, 2.24) is 23.6 Å². The van der Waals surface area contributed by atoms with Crippen LogP contribution in [0.5, 0.6) is 0 Å². The Hall–Kier alpha value is -5.53. The van der Waals surface area contributed by atoms with E-state index < -0.39 is 17.7 Å². The van der Waals surface area contributed by atoms with Crippen molar-refractivity contribution in [2.24, 2.45) is 28.2 Å². The van der Waals surface area contributed by atoms with E-state index in [-0.39, 0.29) is 23.2 Å². The van der Waals surface area contributed by atoms with Crippen LogP contribution in [0.1, 0.15) is 48.9 Å². The van der Waals surface area contributed by atoms with Crippen molar-refractivity contribution in [2.45, 2.75) is 6.92 Å². The lowest BCUT2D eigenvalue weighted by molar-refractivity contribution is -0.114. The number of anilines is 4. The summed E-state index contributed by atoms with van der Waals surface area (Å²) in [6, 6.07) is 6.17. The summed E-state index contributed by atoms with van der Waals surface area (Å²) in [5.74, 6) is -1.82. The fourth-order valence-corrected chi connectivity index (χ4v) is 4.35. The van der Waals surface area contributed by atoms with Crippen LogP contribution in [-0.2, 0) is 33.0 Å². The topological polar surface area (TPSA) is 165 Å². The van der Waals surface area contributed by atoms with Gasteiger partial charge in [0.2, 0.25) is 5.91 Å². The molecule has 5 N–H and O–H groups in total. The second kappa shape index (κ2) is 11.3. The highest BCUT2D eigenvalue weighted by atomic mass is 16.2. The summed E-state index contributed by atoms with van der Waals surface area (Å²) in [4.78, 5) is 62.0. The van der Waals surface area contributed by atoms with Gasteiger partial charge >= 0.3 is 0 Å². The highest BCUT2D eigenvalue weighted by Crippen LogP contribution is 2.21. The maximum absolute atomic E-state index is 13.0. The highest BCUT2D eigenvalue weighted by molar-refractivity contribution is 6.09. The number of rotatable bonds is 8. The second-order valence-electron chi connectivity index (χ2n) is 9.52. The number of amides is 5. The van der Waals surface area contributed by atoms with E-state index in [2.05, 4.69) is 26.6 Å². The molecule has 0 saturated heterocycles. The predicted octanol–water partition coefficient (Wildman–Crippen LogP) is 2.12. The van der Waals surface area contributed by atoms with Gasteiger partial charge in [-0.25, -0.2) is 0 Å². The molecule has 0 fully saturated rings. The van der Waals surface area contributed by atoms with Gasteiger partial charge in [-0.3, -0.25) is 24.0 Å². The van der Waals surface area contributed by atoms with E-state index in [1.165, 1.54) is 26.1 Å². The minimum absolute atomic E-state index is 0.250. The number of hydrogen-bond donors (Lipinski definition) is 5. The van der Waals surface area contributed by atoms with Gasteiger partial charge in [0.15, 0.2) is 0 Å². The molecule has 0 spiro atoms. The van der Waals surface area contributed by atoms with Crippen molar-refractivity contribution in [1.29, 1.82) is 0 Å². The molecule has 14 nitrogen and oxygen atoms in total. The molecule has 4 aromatic rings. The summed E-state index contributed by atoms with van der Waals surface area (Å²) in [7, 11) is 8.24. The van der Waals surface area contributed by atoms with E-state index in [1.807, 2.05) is 0 Å². The van der Waals surface area contributed by atoms with Crippen molar-refractivity contribution in [3.05, 3.63) is 71.8 Å². The maximum atomic E-state index is 13.0. The van der Waals surface area contributed by atoms with Gasteiger partial charge < -0.3 is 44.9 Å². The van der Waals surface area contributed by atoms with Crippen molar-refractivity contribution >= 4 is 52.3 Å². The molecule has 14 heteroatoms. The van der Waals surface area contributed by atoms with Crippen LogP contribution in [0, 0.1) is 0 Å². The third-order valence-corrected chi connectivity index (χ3v) is 6.27. The van der Waals surface area contributed by atoms with Gasteiger partial charge in [0.25, 0.3) is 23.6 Å². The van der Waals surface area contributed by atoms with Crippen LogP contribution >= 0.6 is 0 Å². The molecule has 0 aliphatic heterocycles. The minimum Gasteiger partial charge on any atom is -0.354 e. The Kier molecular flexibility index (Phi) is 7.85. The Labute approximate surface area is 235 Å². The molecule has 0 aliphatic carbocycles. The average molecular weight is 562 g/mol. The van der Waals surface area contributed by atoms with Crippen molar-refractivity contribution in [3.8, 4) is 0 Å². The molecule has 4 rings (SSSR count). The van der Waals surface area contributed by atoms with Crippen molar-refractivity contribution in [3.63, 3.8) is 0 Å². The van der Waals surface area contributed by atoms with Crippen LogP contribution in [0.15, 0.2) is 49.1 Å². The number of nitrogens with zero attached hydrogens (tertiary/aromatic N) is 4. The lowest BCUT2D eigenvalue weighted by Crippen LogP contribution is -2.20. The highest BCUT2D eigenvalue weighted by Gasteiger charge is 2.19. The molecule has 4 heterocycles. The van der Waals surface area contributed by atoms with Gasteiger partial charge in [-0.2, -0.15) is 0 Å². The van der Waals surface area contributed by atoms with Crippen LogP contribution in [0.4, 0.5) is 22.7 Å². The molecule has 0 saturated carbocycles. The van der Waals surface area contributed by atoms with Crippen molar-refractivity contribution in [2.75, 3.05) is 28.3 Å². The van der Waals surface area contributed by atoms with Gasteiger partial charge in [-0.15, -0.1) is 0 Å². The number of carbonyl (C=O) groups excluding carboxylic acids is 5. The molecule has 0 aliphatic rings. The average Bonchev–Trinajstić information content (AvgIpc) is 3.64. The molecule has 5 amide bonds. The Morgan fingerprint density at radius 1 is 0.488 bits per heavy atom. The summed E-state index contributed by atoms with van der Waals surface area (Å²) in [6.45, 7) is 1.38. The summed E-state index contributed by atoms with van der Waals surface area (Å²) >= 11 is 0. The normalized spacial score (nSPS) is 10.7. The van der Waals surface area contributed by atoms with Crippen LogP contribution in [-0.4, -0.2) is 54.9 Å². The van der Waals surface area contributed by atoms with E-state index in [1.54, 1.807) is 83.4 Å². The smallest absolute Gasteiger partial charge is 0.272 e.